The van der Waals surface area contributed by atoms with Crippen LogP contribution in [-0.4, -0.2) is 22.8 Å². The molecule has 1 aliphatic carbocycles. The second kappa shape index (κ2) is 5.03. The zero-order valence-electron chi connectivity index (χ0n) is 9.49. The molecule has 15 heavy (non-hydrogen) atoms. The molecule has 0 aliphatic heterocycles. The Hall–Kier alpha value is -0.480. The molecule has 3 nitrogen and oxygen atoms in total. The van der Waals surface area contributed by atoms with Crippen LogP contribution in [0.4, 0.5) is 0 Å². The van der Waals surface area contributed by atoms with Crippen LogP contribution in [0.25, 0.3) is 0 Å². The van der Waals surface area contributed by atoms with E-state index in [-0.39, 0.29) is 0 Å². The van der Waals surface area contributed by atoms with Gasteiger partial charge in [-0.05, 0) is 38.6 Å². The van der Waals surface area contributed by atoms with Crippen molar-refractivity contribution in [3.8, 4) is 0 Å². The summed E-state index contributed by atoms with van der Waals surface area (Å²) in [5.74, 6) is 0.890. The van der Waals surface area contributed by atoms with Crippen molar-refractivity contribution in [2.45, 2.75) is 45.6 Å². The molecule has 0 bridgehead atoms. The fourth-order valence-electron chi connectivity index (χ4n) is 1.84. The fourth-order valence-corrected chi connectivity index (χ4v) is 2.61. The standard InChI is InChI=1S/C11H19N3S/c1-3-6-12-10(9-4-5-9)7-11-14-13-8(2)15-11/h9-10,12H,3-7H2,1-2H3. The van der Waals surface area contributed by atoms with Gasteiger partial charge >= 0.3 is 0 Å². The second-order valence-corrected chi connectivity index (χ2v) is 5.58. The Morgan fingerprint density at radius 1 is 1.47 bits per heavy atom. The van der Waals surface area contributed by atoms with Gasteiger partial charge in [0.2, 0.25) is 0 Å². The average Bonchev–Trinajstić information content (AvgIpc) is 2.98. The highest BCUT2D eigenvalue weighted by molar-refractivity contribution is 7.11. The molecule has 1 heterocycles. The largest absolute Gasteiger partial charge is 0.313 e. The van der Waals surface area contributed by atoms with E-state index in [0.29, 0.717) is 6.04 Å². The molecule has 84 valence electrons. The van der Waals surface area contributed by atoms with E-state index >= 15 is 0 Å². The lowest BCUT2D eigenvalue weighted by molar-refractivity contribution is 0.458. The quantitative estimate of drug-likeness (QED) is 0.806. The molecule has 0 saturated heterocycles. The summed E-state index contributed by atoms with van der Waals surface area (Å²) in [5.41, 5.74) is 0. The minimum absolute atomic E-state index is 0.636. The van der Waals surface area contributed by atoms with Gasteiger partial charge in [-0.25, -0.2) is 0 Å². The number of hydrogen-bond acceptors (Lipinski definition) is 4. The minimum atomic E-state index is 0.636. The highest BCUT2D eigenvalue weighted by atomic mass is 32.1. The third kappa shape index (κ3) is 3.24. The number of nitrogens with zero attached hydrogens (tertiary/aromatic N) is 2. The number of aryl methyl sites for hydroxylation is 1. The number of rotatable bonds is 6. The van der Waals surface area contributed by atoms with Crippen molar-refractivity contribution in [3.63, 3.8) is 0 Å². The van der Waals surface area contributed by atoms with E-state index < -0.39 is 0 Å². The van der Waals surface area contributed by atoms with Crippen LogP contribution in [0.3, 0.4) is 0 Å². The van der Waals surface area contributed by atoms with E-state index in [0.717, 1.165) is 23.9 Å². The van der Waals surface area contributed by atoms with Gasteiger partial charge in [-0.3, -0.25) is 0 Å². The van der Waals surface area contributed by atoms with E-state index in [2.05, 4.69) is 22.4 Å². The Labute approximate surface area is 95.3 Å². The molecule has 1 aromatic heterocycles. The lowest BCUT2D eigenvalue weighted by Gasteiger charge is -2.15. The maximum absolute atomic E-state index is 4.20. The van der Waals surface area contributed by atoms with Gasteiger partial charge in [0.25, 0.3) is 0 Å². The Morgan fingerprint density at radius 3 is 2.80 bits per heavy atom. The predicted octanol–water partition coefficient (Wildman–Crippen LogP) is 2.17. The molecule has 1 saturated carbocycles. The molecule has 1 fully saturated rings. The molecule has 4 heteroatoms. The summed E-state index contributed by atoms with van der Waals surface area (Å²) in [4.78, 5) is 0. The highest BCUT2D eigenvalue weighted by Crippen LogP contribution is 2.34. The van der Waals surface area contributed by atoms with Gasteiger partial charge in [-0.2, -0.15) is 0 Å². The molecule has 0 spiro atoms. The number of aromatic nitrogens is 2. The van der Waals surface area contributed by atoms with E-state index in [9.17, 15) is 0 Å². The Morgan fingerprint density at radius 2 is 2.27 bits per heavy atom. The highest BCUT2D eigenvalue weighted by Gasteiger charge is 2.31. The third-order valence-corrected chi connectivity index (χ3v) is 3.67. The van der Waals surface area contributed by atoms with Crippen molar-refractivity contribution in [1.29, 1.82) is 0 Å². The van der Waals surface area contributed by atoms with Crippen molar-refractivity contribution in [1.82, 2.24) is 15.5 Å². The van der Waals surface area contributed by atoms with Gasteiger partial charge in [0.15, 0.2) is 0 Å². The first-order valence-electron chi connectivity index (χ1n) is 5.82. The van der Waals surface area contributed by atoms with Gasteiger partial charge in [-0.1, -0.05) is 6.92 Å². The molecule has 0 radical (unpaired) electrons. The number of nitrogens with one attached hydrogen (secondary N) is 1. The Bertz CT molecular complexity index is 307. The predicted molar refractivity (Wildman–Crippen MR) is 63.2 cm³/mol. The molecular formula is C11H19N3S. The van der Waals surface area contributed by atoms with Gasteiger partial charge in [0.1, 0.15) is 10.0 Å². The van der Waals surface area contributed by atoms with E-state index in [1.807, 2.05) is 6.92 Å². The molecule has 0 amide bonds. The van der Waals surface area contributed by atoms with Crippen LogP contribution < -0.4 is 5.32 Å². The summed E-state index contributed by atoms with van der Waals surface area (Å²) in [6, 6.07) is 0.636. The number of hydrogen-bond donors (Lipinski definition) is 1. The van der Waals surface area contributed by atoms with E-state index in [4.69, 9.17) is 0 Å². The minimum Gasteiger partial charge on any atom is -0.313 e. The summed E-state index contributed by atoms with van der Waals surface area (Å²) < 4.78 is 0. The maximum atomic E-state index is 4.20. The normalized spacial score (nSPS) is 18.0. The fraction of sp³-hybridized carbons (Fsp3) is 0.818. The average molecular weight is 225 g/mol. The molecule has 1 aliphatic rings. The van der Waals surface area contributed by atoms with Gasteiger partial charge in [0, 0.05) is 12.5 Å². The monoisotopic (exact) mass is 225 g/mol. The SMILES string of the molecule is CCCNC(Cc1nnc(C)s1)C1CC1. The van der Waals surface area contributed by atoms with Crippen LogP contribution >= 0.6 is 11.3 Å². The van der Waals surface area contributed by atoms with Gasteiger partial charge < -0.3 is 5.32 Å². The van der Waals surface area contributed by atoms with Crippen LogP contribution in [0, 0.1) is 12.8 Å². The topological polar surface area (TPSA) is 37.8 Å². The summed E-state index contributed by atoms with van der Waals surface area (Å²) in [6.07, 6.45) is 5.05. The van der Waals surface area contributed by atoms with Crippen molar-refractivity contribution >= 4 is 11.3 Å². The summed E-state index contributed by atoms with van der Waals surface area (Å²) in [5, 5.41) is 14.2. The first kappa shape index (κ1) is 11.0. The van der Waals surface area contributed by atoms with Gasteiger partial charge in [-0.15, -0.1) is 21.5 Å². The lowest BCUT2D eigenvalue weighted by atomic mass is 10.1. The first-order chi connectivity index (χ1) is 7.29. The van der Waals surface area contributed by atoms with Crippen LogP contribution in [-0.2, 0) is 6.42 Å². The van der Waals surface area contributed by atoms with E-state index in [1.54, 1.807) is 11.3 Å². The molecule has 1 unspecified atom stereocenters. The van der Waals surface area contributed by atoms with Crippen LogP contribution in [0.2, 0.25) is 0 Å². The van der Waals surface area contributed by atoms with Crippen LogP contribution in [0.15, 0.2) is 0 Å². The summed E-state index contributed by atoms with van der Waals surface area (Å²) >= 11 is 1.73. The summed E-state index contributed by atoms with van der Waals surface area (Å²) in [7, 11) is 0. The zero-order chi connectivity index (χ0) is 10.7. The zero-order valence-corrected chi connectivity index (χ0v) is 10.3. The smallest absolute Gasteiger partial charge is 0.119 e. The Balaban J connectivity index is 1.88. The van der Waals surface area contributed by atoms with E-state index in [1.165, 1.54) is 24.3 Å². The second-order valence-electron chi connectivity index (χ2n) is 4.32. The molecule has 1 N–H and O–H groups in total. The molecule has 1 aromatic rings. The van der Waals surface area contributed by atoms with Crippen LogP contribution in [0.1, 0.15) is 36.2 Å². The maximum Gasteiger partial charge on any atom is 0.119 e. The van der Waals surface area contributed by atoms with Crippen molar-refractivity contribution in [3.05, 3.63) is 10.0 Å². The van der Waals surface area contributed by atoms with Gasteiger partial charge in [0.05, 0.1) is 0 Å². The molecule has 2 rings (SSSR count). The lowest BCUT2D eigenvalue weighted by Crippen LogP contribution is -2.33. The van der Waals surface area contributed by atoms with Crippen molar-refractivity contribution in [2.75, 3.05) is 6.54 Å². The molecule has 1 atom stereocenters. The Kier molecular flexibility index (Phi) is 3.70. The first-order valence-corrected chi connectivity index (χ1v) is 6.63. The molecular weight excluding hydrogens is 206 g/mol. The van der Waals surface area contributed by atoms with Crippen LogP contribution in [0.5, 0.6) is 0 Å². The van der Waals surface area contributed by atoms with Crippen molar-refractivity contribution in [2.24, 2.45) is 5.92 Å². The third-order valence-electron chi connectivity index (χ3n) is 2.81. The molecule has 0 aromatic carbocycles. The van der Waals surface area contributed by atoms with Crippen molar-refractivity contribution < 1.29 is 0 Å². The summed E-state index contributed by atoms with van der Waals surface area (Å²) in [6.45, 7) is 5.36.